The highest BCUT2D eigenvalue weighted by molar-refractivity contribution is 5.98. The molecule has 0 radical (unpaired) electrons. The minimum Gasteiger partial charge on any atom is -0.333 e. The van der Waals surface area contributed by atoms with Gasteiger partial charge in [-0.1, -0.05) is 17.7 Å². The van der Waals surface area contributed by atoms with E-state index in [9.17, 15) is 4.79 Å². The number of piperazine rings is 1. The molecule has 2 heterocycles. The predicted octanol–water partition coefficient (Wildman–Crippen LogP) is 4.31. The van der Waals surface area contributed by atoms with Crippen molar-refractivity contribution < 1.29 is 4.79 Å². The summed E-state index contributed by atoms with van der Waals surface area (Å²) in [7, 11) is 0. The fraction of sp³-hybridized carbons (Fsp3) is 0.222. The van der Waals surface area contributed by atoms with Crippen LogP contribution in [0.5, 0.6) is 0 Å². The van der Waals surface area contributed by atoms with E-state index in [2.05, 4.69) is 54.1 Å². The van der Waals surface area contributed by atoms with Crippen molar-refractivity contribution in [3.8, 4) is 23.1 Å². The van der Waals surface area contributed by atoms with E-state index < -0.39 is 0 Å². The van der Waals surface area contributed by atoms with E-state index in [0.717, 1.165) is 41.2 Å². The van der Waals surface area contributed by atoms with E-state index in [-0.39, 0.29) is 11.9 Å². The van der Waals surface area contributed by atoms with Crippen LogP contribution in [-0.2, 0) is 0 Å². The maximum Gasteiger partial charge on any atom is 0.254 e. The molecule has 6 heteroatoms. The predicted molar refractivity (Wildman–Crippen MR) is 129 cm³/mol. The highest BCUT2D eigenvalue weighted by Crippen LogP contribution is 2.30. The molecule has 1 fully saturated rings. The van der Waals surface area contributed by atoms with Crippen molar-refractivity contribution in [3.05, 3.63) is 83.4 Å². The molecule has 0 aliphatic carbocycles. The lowest BCUT2D eigenvalue weighted by molar-refractivity contribution is 0.0656. The van der Waals surface area contributed by atoms with Crippen molar-refractivity contribution in [2.24, 2.45) is 0 Å². The Bertz CT molecular complexity index is 1360. The van der Waals surface area contributed by atoms with Crippen LogP contribution in [0, 0.1) is 18.3 Å². The van der Waals surface area contributed by atoms with Crippen molar-refractivity contribution in [1.82, 2.24) is 19.8 Å². The Labute approximate surface area is 193 Å². The Morgan fingerprint density at radius 3 is 2.55 bits per heavy atom. The normalized spacial score (nSPS) is 16.0. The van der Waals surface area contributed by atoms with E-state index >= 15 is 0 Å². The molecular weight excluding hydrogens is 410 g/mol. The standard InChI is InChI=1S/C27H25N5O/c1-18-3-10-23(11-4-18)32-25-12-9-22(27(33)31-14-13-29-17-19(31)2)15-24(25)30-26(32)21-7-5-20(16-28)6-8-21/h3-12,15,19,29H,13-14,17H2,1-2H3. The number of imidazole rings is 1. The van der Waals surface area contributed by atoms with Crippen LogP contribution < -0.4 is 5.32 Å². The van der Waals surface area contributed by atoms with Crippen molar-refractivity contribution >= 4 is 16.9 Å². The van der Waals surface area contributed by atoms with E-state index in [1.807, 2.05) is 35.2 Å². The molecule has 1 amide bonds. The molecule has 1 atom stereocenters. The van der Waals surface area contributed by atoms with Gasteiger partial charge in [0.2, 0.25) is 0 Å². The fourth-order valence-electron chi connectivity index (χ4n) is 4.36. The van der Waals surface area contributed by atoms with Crippen molar-refractivity contribution in [3.63, 3.8) is 0 Å². The maximum atomic E-state index is 13.2. The van der Waals surface area contributed by atoms with Gasteiger partial charge in [0.05, 0.1) is 22.7 Å². The maximum absolute atomic E-state index is 13.2. The first-order chi connectivity index (χ1) is 16.0. The molecule has 0 spiro atoms. The summed E-state index contributed by atoms with van der Waals surface area (Å²) in [6.07, 6.45) is 0. The number of carbonyl (C=O) groups excluding carboxylic acids is 1. The SMILES string of the molecule is Cc1ccc(-n2c(-c3ccc(C#N)cc3)nc3cc(C(=O)N4CCNCC4C)ccc32)cc1. The molecule has 1 unspecified atom stereocenters. The molecule has 3 aromatic carbocycles. The zero-order valence-corrected chi connectivity index (χ0v) is 18.7. The largest absolute Gasteiger partial charge is 0.333 e. The number of hydrogen-bond donors (Lipinski definition) is 1. The highest BCUT2D eigenvalue weighted by atomic mass is 16.2. The minimum absolute atomic E-state index is 0.0377. The van der Waals surface area contributed by atoms with Crippen LogP contribution >= 0.6 is 0 Å². The summed E-state index contributed by atoms with van der Waals surface area (Å²) in [4.78, 5) is 20.1. The van der Waals surface area contributed by atoms with Crippen LogP contribution in [-0.4, -0.2) is 46.0 Å². The summed E-state index contributed by atoms with van der Waals surface area (Å²) >= 11 is 0. The average Bonchev–Trinajstić information content (AvgIpc) is 3.23. The molecule has 0 saturated carbocycles. The molecule has 164 valence electrons. The van der Waals surface area contributed by atoms with Gasteiger partial charge in [0, 0.05) is 42.5 Å². The highest BCUT2D eigenvalue weighted by Gasteiger charge is 2.25. The van der Waals surface area contributed by atoms with E-state index in [4.69, 9.17) is 10.2 Å². The van der Waals surface area contributed by atoms with Crippen LogP contribution in [0.1, 0.15) is 28.4 Å². The summed E-state index contributed by atoms with van der Waals surface area (Å²) in [6, 6.07) is 23.8. The molecule has 1 aliphatic rings. The third-order valence-corrected chi connectivity index (χ3v) is 6.23. The topological polar surface area (TPSA) is 74.0 Å². The van der Waals surface area contributed by atoms with Crippen LogP contribution in [0.3, 0.4) is 0 Å². The zero-order chi connectivity index (χ0) is 22.9. The molecule has 1 N–H and O–H groups in total. The van der Waals surface area contributed by atoms with Gasteiger partial charge in [-0.25, -0.2) is 4.98 Å². The number of nitriles is 1. The van der Waals surface area contributed by atoms with Gasteiger partial charge in [0.1, 0.15) is 5.82 Å². The number of aryl methyl sites for hydroxylation is 1. The Balaban J connectivity index is 1.64. The molecule has 0 bridgehead atoms. The first-order valence-corrected chi connectivity index (χ1v) is 11.2. The molecular formula is C27H25N5O. The number of benzene rings is 3. The number of fused-ring (bicyclic) bond motifs is 1. The van der Waals surface area contributed by atoms with Gasteiger partial charge >= 0.3 is 0 Å². The second kappa shape index (κ2) is 8.53. The number of nitrogens with zero attached hydrogens (tertiary/aromatic N) is 4. The van der Waals surface area contributed by atoms with Gasteiger partial charge in [-0.15, -0.1) is 0 Å². The summed E-state index contributed by atoms with van der Waals surface area (Å²) in [6.45, 7) is 6.44. The van der Waals surface area contributed by atoms with E-state index in [0.29, 0.717) is 17.7 Å². The van der Waals surface area contributed by atoms with E-state index in [1.165, 1.54) is 5.56 Å². The number of carbonyl (C=O) groups is 1. The summed E-state index contributed by atoms with van der Waals surface area (Å²) in [5.41, 5.74) is 6.05. The van der Waals surface area contributed by atoms with Gasteiger partial charge < -0.3 is 10.2 Å². The van der Waals surface area contributed by atoms with Crippen LogP contribution in [0.15, 0.2) is 66.7 Å². The second-order valence-corrected chi connectivity index (χ2v) is 8.55. The molecule has 33 heavy (non-hydrogen) atoms. The summed E-state index contributed by atoms with van der Waals surface area (Å²) < 4.78 is 2.11. The lowest BCUT2D eigenvalue weighted by Crippen LogP contribution is -2.52. The Kier molecular flexibility index (Phi) is 5.41. The zero-order valence-electron chi connectivity index (χ0n) is 18.7. The lowest BCUT2D eigenvalue weighted by Gasteiger charge is -2.34. The Morgan fingerprint density at radius 1 is 1.09 bits per heavy atom. The molecule has 5 rings (SSSR count). The van der Waals surface area contributed by atoms with Crippen LogP contribution in [0.2, 0.25) is 0 Å². The van der Waals surface area contributed by atoms with Crippen molar-refractivity contribution in [2.45, 2.75) is 19.9 Å². The fourth-order valence-corrected chi connectivity index (χ4v) is 4.36. The smallest absolute Gasteiger partial charge is 0.254 e. The minimum atomic E-state index is 0.0377. The average molecular weight is 436 g/mol. The van der Waals surface area contributed by atoms with Gasteiger partial charge in [-0.2, -0.15) is 5.26 Å². The van der Waals surface area contributed by atoms with Gasteiger partial charge in [-0.05, 0) is 68.4 Å². The number of hydrogen-bond acceptors (Lipinski definition) is 4. The Morgan fingerprint density at radius 2 is 1.85 bits per heavy atom. The summed E-state index contributed by atoms with van der Waals surface area (Å²) in [5.74, 6) is 0.814. The quantitative estimate of drug-likeness (QED) is 0.521. The Hall–Kier alpha value is -3.95. The third-order valence-electron chi connectivity index (χ3n) is 6.23. The first-order valence-electron chi connectivity index (χ1n) is 11.2. The number of aromatic nitrogens is 2. The van der Waals surface area contributed by atoms with Gasteiger partial charge in [0.25, 0.3) is 5.91 Å². The lowest BCUT2D eigenvalue weighted by atomic mass is 10.1. The second-order valence-electron chi connectivity index (χ2n) is 8.55. The molecule has 6 nitrogen and oxygen atoms in total. The molecule has 1 saturated heterocycles. The van der Waals surface area contributed by atoms with Crippen LogP contribution in [0.4, 0.5) is 0 Å². The number of rotatable bonds is 3. The van der Waals surface area contributed by atoms with Crippen LogP contribution in [0.25, 0.3) is 28.1 Å². The van der Waals surface area contributed by atoms with Crippen molar-refractivity contribution in [2.75, 3.05) is 19.6 Å². The monoisotopic (exact) mass is 435 g/mol. The third kappa shape index (κ3) is 3.88. The summed E-state index contributed by atoms with van der Waals surface area (Å²) in [5, 5.41) is 12.5. The van der Waals surface area contributed by atoms with Gasteiger partial charge in [-0.3, -0.25) is 9.36 Å². The number of amides is 1. The molecule has 1 aromatic heterocycles. The molecule has 4 aromatic rings. The number of nitrogens with one attached hydrogen (secondary N) is 1. The van der Waals surface area contributed by atoms with Gasteiger partial charge in [0.15, 0.2) is 0 Å². The van der Waals surface area contributed by atoms with E-state index in [1.54, 1.807) is 12.1 Å². The molecule has 1 aliphatic heterocycles. The van der Waals surface area contributed by atoms with Crippen molar-refractivity contribution in [1.29, 1.82) is 5.26 Å². The first kappa shape index (κ1) is 20.9.